The molecule has 3 nitrogen and oxygen atoms in total. The van der Waals surface area contributed by atoms with Crippen LogP contribution in [0.5, 0.6) is 0 Å². The molecule has 1 aliphatic carbocycles. The average Bonchev–Trinajstić information content (AvgIpc) is 2.41. The van der Waals surface area contributed by atoms with E-state index in [1.54, 1.807) is 6.07 Å². The second-order valence-electron chi connectivity index (χ2n) is 5.17. The van der Waals surface area contributed by atoms with E-state index in [0.717, 1.165) is 6.07 Å². The molecule has 3 rings (SSSR count). The zero-order valence-corrected chi connectivity index (χ0v) is 11.2. The van der Waals surface area contributed by atoms with Gasteiger partial charge in [-0.1, -0.05) is 0 Å². The van der Waals surface area contributed by atoms with Crippen molar-refractivity contribution in [1.29, 1.82) is 0 Å². The molecule has 0 atom stereocenters. The molecule has 1 heterocycles. The van der Waals surface area contributed by atoms with Crippen molar-refractivity contribution in [2.75, 3.05) is 0 Å². The van der Waals surface area contributed by atoms with Crippen LogP contribution < -0.4 is 5.56 Å². The number of aromatic nitrogens is 1. The van der Waals surface area contributed by atoms with Gasteiger partial charge in [-0.3, -0.25) is 9.59 Å². The third-order valence-corrected chi connectivity index (χ3v) is 3.68. The minimum Gasteiger partial charge on any atom is -0.308 e. The monoisotopic (exact) mass is 289 g/mol. The van der Waals surface area contributed by atoms with Crippen molar-refractivity contribution in [2.45, 2.75) is 25.8 Å². The smallest absolute Gasteiger partial charge is 0.251 e. The summed E-state index contributed by atoms with van der Waals surface area (Å²) >= 11 is 0. The highest BCUT2D eigenvalue weighted by Gasteiger charge is 2.20. The fourth-order valence-electron chi connectivity index (χ4n) is 2.75. The Bertz CT molecular complexity index is 760. The molecule has 0 fully saturated rings. The zero-order chi connectivity index (χ0) is 15.0. The van der Waals surface area contributed by atoms with Gasteiger partial charge in [0.25, 0.3) is 5.56 Å². The summed E-state index contributed by atoms with van der Waals surface area (Å²) in [6.07, 6.45) is 1.78. The van der Waals surface area contributed by atoms with Gasteiger partial charge in [0, 0.05) is 29.8 Å². The van der Waals surface area contributed by atoms with Gasteiger partial charge in [-0.05, 0) is 36.6 Å². The number of halogens is 2. The van der Waals surface area contributed by atoms with E-state index >= 15 is 0 Å². The van der Waals surface area contributed by atoms with Crippen molar-refractivity contribution in [3.63, 3.8) is 0 Å². The Balaban J connectivity index is 2.08. The average molecular weight is 289 g/mol. The Labute approximate surface area is 119 Å². The predicted octanol–water partition coefficient (Wildman–Crippen LogP) is 2.69. The van der Waals surface area contributed by atoms with Crippen LogP contribution in [0.2, 0.25) is 0 Å². The van der Waals surface area contributed by atoms with Crippen molar-refractivity contribution in [3.05, 3.63) is 69.1 Å². The van der Waals surface area contributed by atoms with E-state index in [4.69, 9.17) is 0 Å². The van der Waals surface area contributed by atoms with Gasteiger partial charge >= 0.3 is 0 Å². The number of nitrogens with zero attached hydrogens (tertiary/aromatic N) is 1. The minimum absolute atomic E-state index is 0.00965. The molecular formula is C16H13F2NO2. The third-order valence-electron chi connectivity index (χ3n) is 3.68. The maximum absolute atomic E-state index is 13.3. The molecule has 0 bridgehead atoms. The molecule has 0 spiro atoms. The fraction of sp³-hybridized carbons (Fsp3) is 0.250. The van der Waals surface area contributed by atoms with Gasteiger partial charge in [0.1, 0.15) is 11.6 Å². The number of hydrogen-bond donors (Lipinski definition) is 0. The predicted molar refractivity (Wildman–Crippen MR) is 73.4 cm³/mol. The zero-order valence-electron chi connectivity index (χ0n) is 11.2. The van der Waals surface area contributed by atoms with Gasteiger partial charge < -0.3 is 4.57 Å². The summed E-state index contributed by atoms with van der Waals surface area (Å²) in [7, 11) is 0. The Kier molecular flexibility index (Phi) is 3.41. The molecule has 1 aromatic carbocycles. The van der Waals surface area contributed by atoms with Crippen LogP contribution in [-0.2, 0) is 13.0 Å². The molecule has 0 saturated heterocycles. The lowest BCUT2D eigenvalue weighted by atomic mass is 9.94. The molecule has 0 radical (unpaired) electrons. The lowest BCUT2D eigenvalue weighted by Gasteiger charge is -2.20. The quantitative estimate of drug-likeness (QED) is 0.852. The number of carbonyl (C=O) groups excluding carboxylic acids is 1. The van der Waals surface area contributed by atoms with Crippen LogP contribution in [0.1, 0.15) is 34.5 Å². The fourth-order valence-corrected chi connectivity index (χ4v) is 2.75. The first-order valence-electron chi connectivity index (χ1n) is 6.75. The Morgan fingerprint density at radius 2 is 1.71 bits per heavy atom. The minimum atomic E-state index is -0.682. The van der Waals surface area contributed by atoms with Gasteiger partial charge in [-0.2, -0.15) is 0 Å². The van der Waals surface area contributed by atoms with Crippen molar-refractivity contribution in [1.82, 2.24) is 4.57 Å². The summed E-state index contributed by atoms with van der Waals surface area (Å²) < 4.78 is 27.9. The molecule has 108 valence electrons. The summed E-state index contributed by atoms with van der Waals surface area (Å²) in [5, 5.41) is 0. The first-order valence-corrected chi connectivity index (χ1v) is 6.75. The topological polar surface area (TPSA) is 39.1 Å². The molecule has 1 aromatic heterocycles. The van der Waals surface area contributed by atoms with E-state index in [1.165, 1.54) is 22.8 Å². The van der Waals surface area contributed by atoms with Crippen LogP contribution in [0, 0.1) is 11.6 Å². The number of rotatable bonds is 2. The maximum atomic E-state index is 13.3. The molecular weight excluding hydrogens is 276 g/mol. The summed E-state index contributed by atoms with van der Waals surface area (Å²) in [6.45, 7) is 0.0595. The van der Waals surface area contributed by atoms with E-state index in [9.17, 15) is 18.4 Å². The lowest BCUT2D eigenvalue weighted by molar-refractivity contribution is 0.0970. The molecule has 0 N–H and O–H groups in total. The van der Waals surface area contributed by atoms with Crippen molar-refractivity contribution < 1.29 is 13.6 Å². The van der Waals surface area contributed by atoms with Crippen LogP contribution in [0.25, 0.3) is 0 Å². The summed E-state index contributed by atoms with van der Waals surface area (Å²) in [5.74, 6) is -1.35. The largest absolute Gasteiger partial charge is 0.308 e. The number of pyridine rings is 1. The van der Waals surface area contributed by atoms with E-state index in [-0.39, 0.29) is 17.9 Å². The Morgan fingerprint density at radius 3 is 2.43 bits per heavy atom. The third kappa shape index (κ3) is 2.63. The van der Waals surface area contributed by atoms with Crippen molar-refractivity contribution >= 4 is 5.78 Å². The van der Waals surface area contributed by atoms with Gasteiger partial charge in [-0.15, -0.1) is 0 Å². The highest BCUT2D eigenvalue weighted by Crippen LogP contribution is 2.20. The van der Waals surface area contributed by atoms with E-state index in [0.29, 0.717) is 36.1 Å². The summed E-state index contributed by atoms with van der Waals surface area (Å²) in [6, 6.07) is 6.05. The van der Waals surface area contributed by atoms with Crippen molar-refractivity contribution in [3.8, 4) is 0 Å². The second kappa shape index (κ2) is 5.24. The van der Waals surface area contributed by atoms with E-state index in [2.05, 4.69) is 0 Å². The normalized spacial score (nSPS) is 14.1. The Hall–Kier alpha value is -2.30. The van der Waals surface area contributed by atoms with E-state index in [1.807, 2.05) is 0 Å². The highest BCUT2D eigenvalue weighted by molar-refractivity contribution is 5.97. The van der Waals surface area contributed by atoms with E-state index < -0.39 is 11.6 Å². The molecule has 0 aliphatic heterocycles. The highest BCUT2D eigenvalue weighted by atomic mass is 19.1. The molecule has 0 saturated carbocycles. The van der Waals surface area contributed by atoms with Gasteiger partial charge in [0.2, 0.25) is 0 Å². The van der Waals surface area contributed by atoms with Crippen LogP contribution in [0.3, 0.4) is 0 Å². The SMILES string of the molecule is O=C1CCCc2c1ccc(=O)n2Cc1cc(F)cc(F)c1. The number of carbonyl (C=O) groups is 1. The van der Waals surface area contributed by atoms with Crippen molar-refractivity contribution in [2.24, 2.45) is 0 Å². The van der Waals surface area contributed by atoms with Crippen LogP contribution in [0.4, 0.5) is 8.78 Å². The number of benzene rings is 1. The molecule has 0 amide bonds. The molecule has 21 heavy (non-hydrogen) atoms. The second-order valence-corrected chi connectivity index (χ2v) is 5.17. The molecule has 5 heteroatoms. The van der Waals surface area contributed by atoms with Crippen LogP contribution in [0.15, 0.2) is 35.1 Å². The lowest BCUT2D eigenvalue weighted by Crippen LogP contribution is -2.28. The first kappa shape index (κ1) is 13.7. The van der Waals surface area contributed by atoms with Crippen LogP contribution >= 0.6 is 0 Å². The summed E-state index contributed by atoms with van der Waals surface area (Å²) in [4.78, 5) is 23.9. The first-order chi connectivity index (χ1) is 10.0. The molecule has 1 aliphatic rings. The number of fused-ring (bicyclic) bond motifs is 1. The Morgan fingerprint density at radius 1 is 1.00 bits per heavy atom. The maximum Gasteiger partial charge on any atom is 0.251 e. The number of Topliss-reactive ketones (excluding diaryl/α,β-unsaturated/α-hetero) is 1. The number of hydrogen-bond acceptors (Lipinski definition) is 2. The molecule has 0 unspecified atom stereocenters. The van der Waals surface area contributed by atoms with Crippen LogP contribution in [-0.4, -0.2) is 10.4 Å². The molecule has 2 aromatic rings. The summed E-state index contributed by atoms with van der Waals surface area (Å²) in [5.41, 5.74) is 1.29. The van der Waals surface area contributed by atoms with Gasteiger partial charge in [-0.25, -0.2) is 8.78 Å². The van der Waals surface area contributed by atoms with Gasteiger partial charge in [0.05, 0.1) is 6.54 Å². The number of ketones is 1. The van der Waals surface area contributed by atoms with Gasteiger partial charge in [0.15, 0.2) is 5.78 Å². The standard InChI is InChI=1S/C16H13F2NO2/c17-11-6-10(7-12(18)8-11)9-19-14-2-1-3-15(20)13(14)4-5-16(19)21/h4-8H,1-3,9H2.